The number of nitrogens with two attached hydrogens (primary N) is 2. The number of hydrogen-bond donors (Lipinski definition) is 8. The van der Waals surface area contributed by atoms with Crippen molar-refractivity contribution in [1.82, 2.24) is 46.1 Å². The van der Waals surface area contributed by atoms with Gasteiger partial charge in [0.1, 0.15) is 6.61 Å². The first-order valence-corrected chi connectivity index (χ1v) is 20.8. The molecule has 10 N–H and O–H groups in total. The molecule has 0 spiro atoms. The number of amides is 3. The average molecular weight is 821 g/mol. The van der Waals surface area contributed by atoms with E-state index in [1.165, 1.54) is 6.20 Å². The number of aromatic amines is 1. The first-order valence-electron chi connectivity index (χ1n) is 18.3. The number of hydrogen-bond acceptors (Lipinski definition) is 17. The standard InChI is InChI=1S/C36H44N12O7S2/c1-18-26(31(51)25-23(16-55-36(38)54)28-19(2)44-17-48(28)29(25)30(18)50)40-11-13-57-56-12-10-39-24(49)4-3-9-41-33(52)20-5-7-21(8-6-20)42-14-22-15-43-32-27(45-22)34(53)47-35(37)46-32/h5-8,15,19,23,28,40,42,44H,3-4,9-14,16-17H2,1-2H3,(H2,38,54)(H,39,49)(H,41,52)(H3,37,43,46,47,53)/t19-,23+,28?/m0/s1. The lowest BCUT2D eigenvalue weighted by molar-refractivity contribution is -0.121. The summed E-state index contributed by atoms with van der Waals surface area (Å²) in [5, 5.41) is 15.3. The molecule has 21 heteroatoms. The summed E-state index contributed by atoms with van der Waals surface area (Å²) >= 11 is 0. The molecule has 302 valence electrons. The van der Waals surface area contributed by atoms with Crippen molar-refractivity contribution in [3.05, 3.63) is 74.6 Å². The van der Waals surface area contributed by atoms with E-state index in [9.17, 15) is 28.8 Å². The number of aromatic nitrogens is 4. The zero-order valence-electron chi connectivity index (χ0n) is 31.3. The summed E-state index contributed by atoms with van der Waals surface area (Å²) in [5.74, 6) is -0.0436. The number of primary amides is 1. The minimum Gasteiger partial charge on any atom is -0.449 e. The van der Waals surface area contributed by atoms with Crippen LogP contribution >= 0.6 is 21.6 Å². The topological polar surface area (TPSA) is 282 Å². The molecule has 57 heavy (non-hydrogen) atoms. The quantitative estimate of drug-likeness (QED) is 0.0494. The highest BCUT2D eigenvalue weighted by molar-refractivity contribution is 8.76. The zero-order valence-corrected chi connectivity index (χ0v) is 32.9. The fraction of sp³-hybridized carbons (Fsp3) is 0.417. The molecule has 0 bridgehead atoms. The SMILES string of the molecule is CC1=C(NCCSSCCNC(=O)CCCNC(=O)c2ccc(NCc3cnc4nc(N)[nH]c(=O)c4n3)cc2)C(=O)C2=C(C1=O)N1CN[C@@H](C)C1[C@@H]2COC(N)=O. The van der Waals surface area contributed by atoms with Gasteiger partial charge in [0.25, 0.3) is 11.5 Å². The Bertz CT molecular complexity index is 2180. The molecule has 6 rings (SSSR count). The summed E-state index contributed by atoms with van der Waals surface area (Å²) in [6.45, 7) is 5.49. The van der Waals surface area contributed by atoms with E-state index in [0.717, 1.165) is 5.69 Å². The van der Waals surface area contributed by atoms with Crippen molar-refractivity contribution in [3.63, 3.8) is 0 Å². The first-order chi connectivity index (χ1) is 27.4. The second-order valence-electron chi connectivity index (χ2n) is 13.5. The van der Waals surface area contributed by atoms with Crippen molar-refractivity contribution < 1.29 is 28.7 Å². The van der Waals surface area contributed by atoms with Crippen molar-refractivity contribution >= 4 is 73.9 Å². The van der Waals surface area contributed by atoms with E-state index in [0.29, 0.717) is 78.9 Å². The van der Waals surface area contributed by atoms with E-state index >= 15 is 0 Å². The van der Waals surface area contributed by atoms with Crippen LogP contribution in [0.1, 0.15) is 42.7 Å². The first kappa shape index (κ1) is 41.0. The Labute approximate surface area is 334 Å². The molecule has 1 fully saturated rings. The van der Waals surface area contributed by atoms with Gasteiger partial charge in [0.05, 0.1) is 42.5 Å². The number of Topliss-reactive ketones (excluding diaryl/α,β-unsaturated/α-hetero) is 2. The predicted molar refractivity (Wildman–Crippen MR) is 215 cm³/mol. The zero-order chi connectivity index (χ0) is 40.6. The van der Waals surface area contributed by atoms with E-state index in [4.69, 9.17) is 16.2 Å². The van der Waals surface area contributed by atoms with Crippen LogP contribution < -0.4 is 43.6 Å². The smallest absolute Gasteiger partial charge is 0.404 e. The maximum Gasteiger partial charge on any atom is 0.404 e. The number of carbonyl (C=O) groups is 5. The van der Waals surface area contributed by atoms with Crippen molar-refractivity contribution in [2.24, 2.45) is 11.7 Å². The lowest BCUT2D eigenvalue weighted by Crippen LogP contribution is -2.39. The van der Waals surface area contributed by atoms with Crippen LogP contribution in [0.25, 0.3) is 11.2 Å². The Kier molecular flexibility index (Phi) is 13.3. The summed E-state index contributed by atoms with van der Waals surface area (Å²) in [7, 11) is 3.16. The molecule has 3 amide bonds. The Morgan fingerprint density at radius 2 is 1.75 bits per heavy atom. The van der Waals surface area contributed by atoms with Gasteiger partial charge in [0, 0.05) is 71.9 Å². The van der Waals surface area contributed by atoms with Gasteiger partial charge < -0.3 is 42.4 Å². The van der Waals surface area contributed by atoms with Gasteiger partial charge in [-0.3, -0.25) is 34.3 Å². The van der Waals surface area contributed by atoms with Gasteiger partial charge in [0.2, 0.25) is 23.4 Å². The molecule has 1 aromatic carbocycles. The van der Waals surface area contributed by atoms with Crippen molar-refractivity contribution in [1.29, 1.82) is 0 Å². The summed E-state index contributed by atoms with van der Waals surface area (Å²) in [6.07, 6.45) is 1.31. The van der Waals surface area contributed by atoms with Gasteiger partial charge in [-0.15, -0.1) is 0 Å². The third-order valence-corrected chi connectivity index (χ3v) is 12.0. The largest absolute Gasteiger partial charge is 0.449 e. The van der Waals surface area contributed by atoms with E-state index in [1.54, 1.807) is 52.8 Å². The minimum absolute atomic E-state index is 0.0241. The van der Waals surface area contributed by atoms with Gasteiger partial charge in [0.15, 0.2) is 11.2 Å². The van der Waals surface area contributed by atoms with Gasteiger partial charge in [-0.25, -0.2) is 14.8 Å². The lowest BCUT2D eigenvalue weighted by Gasteiger charge is -2.25. The van der Waals surface area contributed by atoms with Crippen molar-refractivity contribution in [3.8, 4) is 0 Å². The number of benzene rings is 1. The molecule has 1 unspecified atom stereocenters. The summed E-state index contributed by atoms with van der Waals surface area (Å²) in [6, 6.07) is 6.63. The van der Waals surface area contributed by atoms with Crippen LogP contribution in [0.3, 0.4) is 0 Å². The highest BCUT2D eigenvalue weighted by Crippen LogP contribution is 2.43. The third kappa shape index (κ3) is 9.66. The Hall–Kier alpha value is -5.67. The molecular formula is C36H44N12O7S2. The van der Waals surface area contributed by atoms with Crippen LogP contribution in [-0.4, -0.2) is 111 Å². The molecule has 3 atom stereocenters. The number of allylic oxidation sites excluding steroid dienone is 2. The molecule has 1 aliphatic carbocycles. The van der Waals surface area contributed by atoms with Gasteiger partial charge >= 0.3 is 6.09 Å². The third-order valence-electron chi connectivity index (χ3n) is 9.64. The normalized spacial score (nSPS) is 18.8. The Morgan fingerprint density at radius 1 is 1.00 bits per heavy atom. The number of anilines is 2. The molecule has 3 aromatic rings. The summed E-state index contributed by atoms with van der Waals surface area (Å²) in [4.78, 5) is 92.2. The van der Waals surface area contributed by atoms with E-state index in [1.807, 2.05) is 11.8 Å². The van der Waals surface area contributed by atoms with E-state index in [2.05, 4.69) is 46.5 Å². The average Bonchev–Trinajstić information content (AvgIpc) is 3.73. The molecule has 3 aliphatic rings. The van der Waals surface area contributed by atoms with Gasteiger partial charge in [-0.2, -0.15) is 4.98 Å². The van der Waals surface area contributed by atoms with E-state index in [-0.39, 0.29) is 71.3 Å². The molecule has 0 saturated carbocycles. The minimum atomic E-state index is -0.932. The van der Waals surface area contributed by atoms with Crippen LogP contribution in [0.4, 0.5) is 16.4 Å². The lowest BCUT2D eigenvalue weighted by atomic mass is 9.83. The highest BCUT2D eigenvalue weighted by Gasteiger charge is 2.53. The maximum absolute atomic E-state index is 13.7. The Balaban J connectivity index is 0.826. The van der Waals surface area contributed by atoms with Crippen LogP contribution in [0.15, 0.2) is 57.8 Å². The molecule has 2 aliphatic heterocycles. The number of ketones is 2. The number of nitrogen functional groups attached to an aromatic ring is 1. The van der Waals surface area contributed by atoms with Crippen LogP contribution in [0, 0.1) is 5.92 Å². The molecule has 4 heterocycles. The molecular weight excluding hydrogens is 777 g/mol. The molecule has 1 saturated heterocycles. The summed E-state index contributed by atoms with van der Waals surface area (Å²) in [5.41, 5.74) is 13.6. The van der Waals surface area contributed by atoms with Crippen LogP contribution in [0.2, 0.25) is 0 Å². The highest BCUT2D eigenvalue weighted by atomic mass is 33.1. The maximum atomic E-state index is 13.7. The van der Waals surface area contributed by atoms with Crippen LogP contribution in [0.5, 0.6) is 0 Å². The van der Waals surface area contributed by atoms with Crippen LogP contribution in [-0.2, 0) is 25.7 Å². The number of fused-ring (bicyclic) bond motifs is 3. The van der Waals surface area contributed by atoms with E-state index < -0.39 is 17.6 Å². The molecule has 19 nitrogen and oxygen atoms in total. The molecule has 0 radical (unpaired) electrons. The van der Waals surface area contributed by atoms with Gasteiger partial charge in [-0.05, 0) is 44.5 Å². The number of carbonyl (C=O) groups excluding carboxylic acids is 5. The van der Waals surface area contributed by atoms with Gasteiger partial charge in [-0.1, -0.05) is 21.6 Å². The number of H-pyrrole nitrogens is 1. The summed E-state index contributed by atoms with van der Waals surface area (Å²) < 4.78 is 5.10. The fourth-order valence-electron chi connectivity index (χ4n) is 6.92. The monoisotopic (exact) mass is 820 g/mol. The predicted octanol–water partition coefficient (Wildman–Crippen LogP) is 0.529. The number of ether oxygens (including phenoxy) is 1. The Morgan fingerprint density at radius 3 is 2.51 bits per heavy atom. The second-order valence-corrected chi connectivity index (χ2v) is 16.2. The number of nitrogens with one attached hydrogen (secondary N) is 6. The van der Waals surface area contributed by atoms with Crippen molar-refractivity contribution in [2.75, 3.05) is 55.5 Å². The number of nitrogens with zero attached hydrogens (tertiary/aromatic N) is 4. The van der Waals surface area contributed by atoms with Crippen molar-refractivity contribution in [2.45, 2.75) is 45.3 Å². The second kappa shape index (κ2) is 18.5. The molecule has 2 aromatic heterocycles. The number of rotatable bonds is 18. The fourth-order valence-corrected chi connectivity index (χ4v) is 8.74.